The molecular formula is C11H21F3IN3O. The van der Waals surface area contributed by atoms with Crippen LogP contribution in [0.1, 0.15) is 25.7 Å². The maximum absolute atomic E-state index is 11.8. The highest BCUT2D eigenvalue weighted by atomic mass is 127. The van der Waals surface area contributed by atoms with Crippen molar-refractivity contribution in [3.8, 4) is 0 Å². The predicted molar refractivity (Wildman–Crippen MR) is 78.8 cm³/mol. The van der Waals surface area contributed by atoms with Gasteiger partial charge in [-0.3, -0.25) is 4.99 Å². The van der Waals surface area contributed by atoms with E-state index in [0.29, 0.717) is 18.9 Å². The van der Waals surface area contributed by atoms with Gasteiger partial charge in [0.05, 0.1) is 0 Å². The Morgan fingerprint density at radius 2 is 1.84 bits per heavy atom. The van der Waals surface area contributed by atoms with Gasteiger partial charge in [-0.25, -0.2) is 0 Å². The second kappa shape index (κ2) is 9.62. The number of likely N-dealkylation sites (tertiary alicyclic amines) is 1. The molecule has 8 heteroatoms. The van der Waals surface area contributed by atoms with Gasteiger partial charge in [0.1, 0.15) is 6.61 Å². The molecule has 1 aliphatic heterocycles. The third-order valence-electron chi connectivity index (χ3n) is 2.67. The number of piperidine rings is 1. The monoisotopic (exact) mass is 395 g/mol. The minimum Gasteiger partial charge on any atom is -0.372 e. The van der Waals surface area contributed by atoms with Crippen molar-refractivity contribution in [2.45, 2.75) is 31.9 Å². The Kier molecular flexibility index (Phi) is 9.50. The van der Waals surface area contributed by atoms with Crippen LogP contribution >= 0.6 is 24.0 Å². The molecule has 1 saturated heterocycles. The molecule has 2 N–H and O–H groups in total. The van der Waals surface area contributed by atoms with E-state index < -0.39 is 12.8 Å². The van der Waals surface area contributed by atoms with E-state index in [4.69, 9.17) is 5.73 Å². The number of aliphatic imine (C=N–C) groups is 1. The highest BCUT2D eigenvalue weighted by Crippen LogP contribution is 2.14. The number of rotatable bonds is 5. The summed E-state index contributed by atoms with van der Waals surface area (Å²) < 4.78 is 39.7. The van der Waals surface area contributed by atoms with E-state index in [2.05, 4.69) is 9.73 Å². The minimum absolute atomic E-state index is 0. The zero-order valence-electron chi connectivity index (χ0n) is 10.8. The van der Waals surface area contributed by atoms with E-state index >= 15 is 0 Å². The average Bonchev–Trinajstić information content (AvgIpc) is 2.33. The number of ether oxygens (including phenoxy) is 1. The molecule has 0 aromatic heterocycles. The number of nitrogens with two attached hydrogens (primary N) is 1. The molecule has 0 spiro atoms. The van der Waals surface area contributed by atoms with Gasteiger partial charge in [0.15, 0.2) is 5.96 Å². The molecule has 0 aromatic rings. The van der Waals surface area contributed by atoms with E-state index in [9.17, 15) is 13.2 Å². The van der Waals surface area contributed by atoms with Gasteiger partial charge in [0.2, 0.25) is 0 Å². The van der Waals surface area contributed by atoms with Crippen molar-refractivity contribution in [1.82, 2.24) is 4.90 Å². The van der Waals surface area contributed by atoms with Crippen LogP contribution in [0, 0.1) is 0 Å². The lowest BCUT2D eigenvalue weighted by Gasteiger charge is -2.27. The van der Waals surface area contributed by atoms with Gasteiger partial charge in [-0.15, -0.1) is 24.0 Å². The Bertz CT molecular complexity index is 268. The molecule has 0 unspecified atom stereocenters. The second-order valence-corrected chi connectivity index (χ2v) is 4.31. The molecule has 1 rings (SSSR count). The molecule has 1 fully saturated rings. The fraction of sp³-hybridized carbons (Fsp3) is 0.909. The molecule has 19 heavy (non-hydrogen) atoms. The maximum Gasteiger partial charge on any atom is 0.411 e. The summed E-state index contributed by atoms with van der Waals surface area (Å²) in [5.74, 6) is 0.491. The van der Waals surface area contributed by atoms with Crippen LogP contribution < -0.4 is 5.73 Å². The van der Waals surface area contributed by atoms with Crippen molar-refractivity contribution in [1.29, 1.82) is 0 Å². The first-order chi connectivity index (χ1) is 8.49. The summed E-state index contributed by atoms with van der Waals surface area (Å²) in [7, 11) is 0. The Morgan fingerprint density at radius 3 is 2.42 bits per heavy atom. The van der Waals surface area contributed by atoms with E-state index in [-0.39, 0.29) is 30.6 Å². The van der Waals surface area contributed by atoms with E-state index in [1.807, 2.05) is 4.90 Å². The Balaban J connectivity index is 0.00000324. The molecule has 114 valence electrons. The number of hydrogen-bond donors (Lipinski definition) is 1. The number of hydrogen-bond acceptors (Lipinski definition) is 2. The van der Waals surface area contributed by atoms with Gasteiger partial charge in [0.25, 0.3) is 0 Å². The highest BCUT2D eigenvalue weighted by molar-refractivity contribution is 14.0. The van der Waals surface area contributed by atoms with Crippen molar-refractivity contribution >= 4 is 29.9 Å². The van der Waals surface area contributed by atoms with Crippen LogP contribution in [0.25, 0.3) is 0 Å². The first-order valence-electron chi connectivity index (χ1n) is 6.18. The maximum atomic E-state index is 11.8. The molecular weight excluding hydrogens is 374 g/mol. The Morgan fingerprint density at radius 1 is 1.21 bits per heavy atom. The first-order valence-corrected chi connectivity index (χ1v) is 6.18. The lowest BCUT2D eigenvalue weighted by Crippen LogP contribution is -2.40. The van der Waals surface area contributed by atoms with Gasteiger partial charge in [-0.05, 0) is 25.7 Å². The summed E-state index contributed by atoms with van der Waals surface area (Å²) in [5.41, 5.74) is 5.79. The Labute approximate surface area is 128 Å². The summed E-state index contributed by atoms with van der Waals surface area (Å²) in [5, 5.41) is 0. The van der Waals surface area contributed by atoms with Gasteiger partial charge in [-0.2, -0.15) is 13.2 Å². The van der Waals surface area contributed by atoms with Crippen molar-refractivity contribution in [2.24, 2.45) is 10.7 Å². The van der Waals surface area contributed by atoms with Crippen molar-refractivity contribution in [3.05, 3.63) is 0 Å². The molecule has 0 radical (unpaired) electrons. The normalized spacial score (nSPS) is 17.2. The Hall–Kier alpha value is -0.250. The SMILES string of the molecule is I.NC(=NCCCOCC(F)(F)F)N1CCCCC1. The number of guanidine groups is 1. The standard InChI is InChI=1S/C11H20F3N3O.HI/c12-11(13,14)9-18-8-4-5-16-10(15)17-6-2-1-3-7-17;/h1-9H2,(H2,15,16);1H. The summed E-state index contributed by atoms with van der Waals surface area (Å²) in [6.07, 6.45) is -0.356. The number of halogens is 4. The van der Waals surface area contributed by atoms with Crippen LogP contribution in [0.3, 0.4) is 0 Å². The quantitative estimate of drug-likeness (QED) is 0.337. The highest BCUT2D eigenvalue weighted by Gasteiger charge is 2.27. The summed E-state index contributed by atoms with van der Waals surface area (Å²) in [4.78, 5) is 6.15. The lowest BCUT2D eigenvalue weighted by atomic mass is 10.1. The van der Waals surface area contributed by atoms with Crippen LogP contribution in [0.5, 0.6) is 0 Å². The summed E-state index contributed by atoms with van der Waals surface area (Å²) >= 11 is 0. The fourth-order valence-electron chi connectivity index (χ4n) is 1.77. The lowest BCUT2D eigenvalue weighted by molar-refractivity contribution is -0.173. The third kappa shape index (κ3) is 9.31. The van der Waals surface area contributed by atoms with Crippen LogP contribution in [-0.4, -0.2) is 49.9 Å². The smallest absolute Gasteiger partial charge is 0.372 e. The van der Waals surface area contributed by atoms with Crippen LogP contribution in [-0.2, 0) is 4.74 Å². The molecule has 0 amide bonds. The molecule has 4 nitrogen and oxygen atoms in total. The molecule has 0 aliphatic carbocycles. The molecule has 0 saturated carbocycles. The van der Waals surface area contributed by atoms with Crippen LogP contribution in [0.15, 0.2) is 4.99 Å². The summed E-state index contributed by atoms with van der Waals surface area (Å²) in [6, 6.07) is 0. The van der Waals surface area contributed by atoms with E-state index in [1.54, 1.807) is 0 Å². The molecule has 1 heterocycles. The number of nitrogens with zero attached hydrogens (tertiary/aromatic N) is 2. The van der Waals surface area contributed by atoms with Crippen molar-refractivity contribution < 1.29 is 17.9 Å². The number of alkyl halides is 3. The molecule has 0 bridgehead atoms. The predicted octanol–water partition coefficient (Wildman–Crippen LogP) is 2.37. The van der Waals surface area contributed by atoms with Crippen LogP contribution in [0.2, 0.25) is 0 Å². The van der Waals surface area contributed by atoms with Crippen molar-refractivity contribution in [3.63, 3.8) is 0 Å². The molecule has 1 aliphatic rings. The average molecular weight is 395 g/mol. The third-order valence-corrected chi connectivity index (χ3v) is 2.67. The first kappa shape index (κ1) is 18.8. The zero-order chi connectivity index (χ0) is 13.4. The topological polar surface area (TPSA) is 50.9 Å². The van der Waals surface area contributed by atoms with Gasteiger partial charge in [-0.1, -0.05) is 0 Å². The van der Waals surface area contributed by atoms with Crippen molar-refractivity contribution in [2.75, 3.05) is 32.8 Å². The fourth-order valence-corrected chi connectivity index (χ4v) is 1.77. The van der Waals surface area contributed by atoms with E-state index in [1.165, 1.54) is 6.42 Å². The van der Waals surface area contributed by atoms with E-state index in [0.717, 1.165) is 25.9 Å². The molecule has 0 atom stereocenters. The molecule has 0 aromatic carbocycles. The van der Waals surface area contributed by atoms with Gasteiger partial charge >= 0.3 is 6.18 Å². The largest absolute Gasteiger partial charge is 0.411 e. The second-order valence-electron chi connectivity index (χ2n) is 4.31. The van der Waals surface area contributed by atoms with Crippen LogP contribution in [0.4, 0.5) is 13.2 Å². The summed E-state index contributed by atoms with van der Waals surface area (Å²) in [6.45, 7) is 1.09. The van der Waals surface area contributed by atoms with Gasteiger partial charge in [0, 0.05) is 26.2 Å². The zero-order valence-corrected chi connectivity index (χ0v) is 13.1. The minimum atomic E-state index is -4.25. The van der Waals surface area contributed by atoms with Gasteiger partial charge < -0.3 is 15.4 Å².